The predicted octanol–water partition coefficient (Wildman–Crippen LogP) is 5.98. The molecule has 0 saturated carbocycles. The van der Waals surface area contributed by atoms with Crippen molar-refractivity contribution in [2.24, 2.45) is 7.05 Å². The molecule has 1 aromatic heterocycles. The number of hydrogen-bond donors (Lipinski definition) is 0. The molecule has 0 amide bonds. The fourth-order valence-electron chi connectivity index (χ4n) is 3.89. The Kier molecular flexibility index (Phi) is 4.83. The number of rotatable bonds is 3. The van der Waals surface area contributed by atoms with Crippen molar-refractivity contribution in [2.45, 2.75) is 6.92 Å². The summed E-state index contributed by atoms with van der Waals surface area (Å²) in [4.78, 5) is 25.5. The van der Waals surface area contributed by atoms with E-state index in [1.54, 1.807) is 49.4 Å². The second kappa shape index (κ2) is 7.70. The highest BCUT2D eigenvalue weighted by atomic mass is 35.5. The first-order valence-electron chi connectivity index (χ1n) is 10.0. The number of carbonyl (C=O) groups is 2. The maximum absolute atomic E-state index is 13.0. The molecule has 0 saturated heterocycles. The predicted molar refractivity (Wildman–Crippen MR) is 123 cm³/mol. The zero-order valence-electron chi connectivity index (χ0n) is 17.4. The number of hydrogen-bond acceptors (Lipinski definition) is 4. The number of aryl methyl sites for hydroxylation is 1. The number of benzene rings is 3. The fourth-order valence-corrected chi connectivity index (χ4v) is 4.10. The second-order valence-electron chi connectivity index (χ2n) is 7.59. The van der Waals surface area contributed by atoms with Crippen LogP contribution < -0.4 is 9.47 Å². The number of allylic oxidation sites excluding steroid dienone is 1. The number of aromatic nitrogens is 1. The van der Waals surface area contributed by atoms with Crippen molar-refractivity contribution >= 4 is 40.3 Å². The average molecular weight is 444 g/mol. The van der Waals surface area contributed by atoms with Gasteiger partial charge < -0.3 is 14.0 Å². The standard InChI is InChI=1S/C26H18ClNO4/c1-15-22(32-26(30)18-8-3-5-9-20(18)27)12-11-19-24(29)23(31-25(15)19)13-16-14-28(2)21-10-6-4-7-17(16)21/h3-14H,1-2H3. The zero-order chi connectivity index (χ0) is 22.4. The number of ketones is 1. The van der Waals surface area contributed by atoms with Gasteiger partial charge in [-0.3, -0.25) is 4.79 Å². The summed E-state index contributed by atoms with van der Waals surface area (Å²) in [6.07, 6.45) is 3.71. The SMILES string of the molecule is Cc1c(OC(=O)c2ccccc2Cl)ccc2c1OC(=Cc1cn(C)c3ccccc13)C2=O. The summed E-state index contributed by atoms with van der Waals surface area (Å²) in [6.45, 7) is 1.75. The molecular formula is C26H18ClNO4. The van der Waals surface area contributed by atoms with E-state index in [4.69, 9.17) is 21.1 Å². The van der Waals surface area contributed by atoms with Crippen LogP contribution in [0.25, 0.3) is 17.0 Å². The monoisotopic (exact) mass is 443 g/mol. The maximum Gasteiger partial charge on any atom is 0.345 e. The number of para-hydroxylation sites is 1. The number of esters is 1. The van der Waals surface area contributed by atoms with Gasteiger partial charge in [-0.1, -0.05) is 41.9 Å². The molecule has 0 unspecified atom stereocenters. The van der Waals surface area contributed by atoms with E-state index in [-0.39, 0.29) is 17.1 Å². The van der Waals surface area contributed by atoms with Gasteiger partial charge in [0, 0.05) is 35.3 Å². The van der Waals surface area contributed by atoms with Gasteiger partial charge in [0.2, 0.25) is 5.78 Å². The Morgan fingerprint density at radius 1 is 1.06 bits per heavy atom. The van der Waals surface area contributed by atoms with Gasteiger partial charge in [-0.25, -0.2) is 4.79 Å². The van der Waals surface area contributed by atoms with Gasteiger partial charge in [0.1, 0.15) is 11.5 Å². The molecule has 5 nitrogen and oxygen atoms in total. The van der Waals surface area contributed by atoms with Gasteiger partial charge in [0.15, 0.2) is 5.76 Å². The number of fused-ring (bicyclic) bond motifs is 2. The minimum absolute atomic E-state index is 0.208. The van der Waals surface area contributed by atoms with E-state index in [0.717, 1.165) is 16.5 Å². The van der Waals surface area contributed by atoms with Crippen LogP contribution in [0.1, 0.15) is 31.8 Å². The van der Waals surface area contributed by atoms with Crippen LogP contribution in [0, 0.1) is 6.92 Å². The van der Waals surface area contributed by atoms with E-state index in [2.05, 4.69) is 0 Å². The van der Waals surface area contributed by atoms with Crippen LogP contribution in [-0.4, -0.2) is 16.3 Å². The summed E-state index contributed by atoms with van der Waals surface area (Å²) in [5.41, 5.74) is 3.22. The number of halogens is 1. The smallest absolute Gasteiger partial charge is 0.345 e. The van der Waals surface area contributed by atoms with Crippen molar-refractivity contribution < 1.29 is 19.1 Å². The Morgan fingerprint density at radius 2 is 1.81 bits per heavy atom. The average Bonchev–Trinajstić information content (AvgIpc) is 3.28. The molecule has 158 valence electrons. The largest absolute Gasteiger partial charge is 0.452 e. The van der Waals surface area contributed by atoms with Crippen LogP contribution in [0.5, 0.6) is 11.5 Å². The maximum atomic E-state index is 13.0. The van der Waals surface area contributed by atoms with Crippen LogP contribution in [0.15, 0.2) is 72.6 Å². The first-order chi connectivity index (χ1) is 15.4. The molecule has 4 aromatic rings. The first kappa shape index (κ1) is 20.1. The molecule has 0 bridgehead atoms. The van der Waals surface area contributed by atoms with Crippen LogP contribution >= 0.6 is 11.6 Å². The fraction of sp³-hybridized carbons (Fsp3) is 0.0769. The second-order valence-corrected chi connectivity index (χ2v) is 7.99. The van der Waals surface area contributed by atoms with Crippen molar-refractivity contribution in [2.75, 3.05) is 0 Å². The molecule has 0 fully saturated rings. The first-order valence-corrected chi connectivity index (χ1v) is 10.4. The minimum atomic E-state index is -0.575. The number of Topliss-reactive ketones (excluding diaryl/α,β-unsaturated/α-hetero) is 1. The Labute approximate surface area is 189 Å². The van der Waals surface area contributed by atoms with Crippen molar-refractivity contribution in [1.29, 1.82) is 0 Å². The molecule has 0 radical (unpaired) electrons. The highest BCUT2D eigenvalue weighted by molar-refractivity contribution is 6.33. The Balaban J connectivity index is 1.47. The quantitative estimate of drug-likeness (QED) is 0.222. The van der Waals surface area contributed by atoms with Gasteiger partial charge in [-0.2, -0.15) is 0 Å². The molecule has 2 heterocycles. The lowest BCUT2D eigenvalue weighted by atomic mass is 10.1. The third-order valence-corrected chi connectivity index (χ3v) is 5.88. The zero-order valence-corrected chi connectivity index (χ0v) is 18.1. The summed E-state index contributed by atoms with van der Waals surface area (Å²) in [5, 5.41) is 1.34. The van der Waals surface area contributed by atoms with Gasteiger partial charge >= 0.3 is 5.97 Å². The highest BCUT2D eigenvalue weighted by Crippen LogP contribution is 2.40. The molecule has 32 heavy (non-hydrogen) atoms. The summed E-state index contributed by atoms with van der Waals surface area (Å²) in [6, 6.07) is 17.8. The van der Waals surface area contributed by atoms with Crippen LogP contribution in [0.4, 0.5) is 0 Å². The van der Waals surface area contributed by atoms with E-state index in [1.165, 1.54) is 0 Å². The number of carbonyl (C=O) groups excluding carboxylic acids is 2. The molecule has 1 aliphatic heterocycles. The molecule has 1 aliphatic rings. The molecular weight excluding hydrogens is 426 g/mol. The third-order valence-electron chi connectivity index (χ3n) is 5.55. The van der Waals surface area contributed by atoms with Gasteiger partial charge in [-0.15, -0.1) is 0 Å². The lowest BCUT2D eigenvalue weighted by Crippen LogP contribution is -2.10. The summed E-state index contributed by atoms with van der Waals surface area (Å²) in [5.74, 6) is 0.155. The number of ether oxygens (including phenoxy) is 2. The van der Waals surface area contributed by atoms with Crippen LogP contribution in [-0.2, 0) is 7.05 Å². The Hall–Kier alpha value is -3.83. The topological polar surface area (TPSA) is 57.5 Å². The molecule has 0 N–H and O–H groups in total. The van der Waals surface area contributed by atoms with Gasteiger partial charge in [0.25, 0.3) is 0 Å². The van der Waals surface area contributed by atoms with E-state index < -0.39 is 5.97 Å². The van der Waals surface area contributed by atoms with Crippen molar-refractivity contribution in [3.63, 3.8) is 0 Å². The molecule has 5 rings (SSSR count). The van der Waals surface area contributed by atoms with Gasteiger partial charge in [-0.05, 0) is 43.3 Å². The Morgan fingerprint density at radius 3 is 2.62 bits per heavy atom. The molecule has 3 aromatic carbocycles. The highest BCUT2D eigenvalue weighted by Gasteiger charge is 2.31. The summed E-state index contributed by atoms with van der Waals surface area (Å²) in [7, 11) is 1.96. The van der Waals surface area contributed by atoms with Gasteiger partial charge in [0.05, 0.1) is 16.1 Å². The van der Waals surface area contributed by atoms with Crippen molar-refractivity contribution in [3.05, 3.63) is 99.9 Å². The summed E-state index contributed by atoms with van der Waals surface area (Å²) >= 11 is 6.10. The van der Waals surface area contributed by atoms with Crippen molar-refractivity contribution in [1.82, 2.24) is 4.57 Å². The molecule has 0 atom stereocenters. The van der Waals surface area contributed by atoms with E-state index >= 15 is 0 Å². The minimum Gasteiger partial charge on any atom is -0.452 e. The van der Waals surface area contributed by atoms with Crippen LogP contribution in [0.3, 0.4) is 0 Å². The molecule has 6 heteroatoms. The lowest BCUT2D eigenvalue weighted by Gasteiger charge is -2.10. The molecule has 0 spiro atoms. The summed E-state index contributed by atoms with van der Waals surface area (Å²) < 4.78 is 13.5. The third kappa shape index (κ3) is 3.27. The van der Waals surface area contributed by atoms with E-state index in [1.807, 2.05) is 42.1 Å². The van der Waals surface area contributed by atoms with Crippen LogP contribution in [0.2, 0.25) is 5.02 Å². The van der Waals surface area contributed by atoms with Crippen molar-refractivity contribution in [3.8, 4) is 11.5 Å². The lowest BCUT2D eigenvalue weighted by molar-refractivity contribution is 0.0733. The molecule has 0 aliphatic carbocycles. The number of nitrogens with zero attached hydrogens (tertiary/aromatic N) is 1. The Bertz CT molecular complexity index is 1450. The normalized spacial score (nSPS) is 14.0. The van der Waals surface area contributed by atoms with E-state index in [0.29, 0.717) is 27.6 Å². The van der Waals surface area contributed by atoms with E-state index in [9.17, 15) is 9.59 Å².